The van der Waals surface area contributed by atoms with Crippen LogP contribution >= 0.6 is 23.0 Å². The van der Waals surface area contributed by atoms with E-state index in [9.17, 15) is 12.6 Å². The molecule has 0 saturated heterocycles. The fourth-order valence-electron chi connectivity index (χ4n) is 0.966. The van der Waals surface area contributed by atoms with Gasteiger partial charge in [-0.1, -0.05) is 0 Å². The zero-order chi connectivity index (χ0) is 13.2. The molecular formula is C6H11F3N3O2P3. The van der Waals surface area contributed by atoms with Crippen LogP contribution in [0, 0.1) is 12.1 Å². The fraction of sp³-hybridized carbons (Fsp3) is 0.667. The van der Waals surface area contributed by atoms with Gasteiger partial charge in [0.25, 0.3) is 0 Å². The highest BCUT2D eigenvalue weighted by atomic mass is 31.3. The van der Waals surface area contributed by atoms with Crippen molar-refractivity contribution in [2.24, 2.45) is 13.5 Å². The molecular weight excluding hydrogens is 296 g/mol. The zero-order valence-electron chi connectivity index (χ0n) is 9.13. The fourth-order valence-corrected chi connectivity index (χ4v) is 7.69. The number of nitrogens with zero attached hydrogens (tertiary/aromatic N) is 3. The van der Waals surface area contributed by atoms with E-state index in [0.717, 1.165) is 0 Å². The minimum absolute atomic E-state index is 0.131. The summed E-state index contributed by atoms with van der Waals surface area (Å²) >= 11 is 0. The molecule has 5 nitrogen and oxygen atoms in total. The Balaban J connectivity index is 3.43. The minimum atomic E-state index is -4.42. The van der Waals surface area contributed by atoms with Crippen LogP contribution in [0.25, 0.3) is 0 Å². The quantitative estimate of drug-likeness (QED) is 0.509. The Morgan fingerprint density at radius 1 is 1.00 bits per heavy atom. The molecule has 3 unspecified atom stereocenters. The van der Waals surface area contributed by atoms with Gasteiger partial charge in [0.15, 0.2) is 0 Å². The van der Waals surface area contributed by atoms with Gasteiger partial charge in [0, 0.05) is 0 Å². The Labute approximate surface area is 98.0 Å². The van der Waals surface area contributed by atoms with Crippen LogP contribution in [-0.2, 0) is 9.05 Å². The summed E-state index contributed by atoms with van der Waals surface area (Å²) in [6, 6.07) is 0. The van der Waals surface area contributed by atoms with Crippen LogP contribution in [0.15, 0.2) is 13.5 Å². The summed E-state index contributed by atoms with van der Waals surface area (Å²) in [5, 5.41) is 0. The maximum Gasteiger partial charge on any atom is 0.386 e. The molecule has 1 rings (SSSR count). The molecule has 1 heterocycles. The molecule has 0 amide bonds. The smallest absolute Gasteiger partial charge is 0.303 e. The molecule has 0 fully saturated rings. The van der Waals surface area contributed by atoms with Crippen LogP contribution in [0.1, 0.15) is 13.8 Å². The van der Waals surface area contributed by atoms with Crippen LogP contribution in [0.5, 0.6) is 0 Å². The van der Waals surface area contributed by atoms with Gasteiger partial charge in [-0.15, -0.1) is 20.0 Å². The third-order valence-corrected chi connectivity index (χ3v) is 8.36. The van der Waals surface area contributed by atoms with Crippen LogP contribution < -0.4 is 0 Å². The molecule has 0 spiro atoms. The third kappa shape index (κ3) is 3.71. The number of hydrogen-bond donors (Lipinski definition) is 0. The number of terminal acetylenes is 1. The normalized spacial score (nSPS) is 40.7. The highest BCUT2D eigenvalue weighted by Gasteiger charge is 2.39. The average Bonchev–Trinajstić information content (AvgIpc) is 2.15. The van der Waals surface area contributed by atoms with Gasteiger partial charge >= 0.3 is 23.0 Å². The first-order chi connectivity index (χ1) is 7.80. The van der Waals surface area contributed by atoms with Gasteiger partial charge in [-0.3, -0.25) is 0 Å². The summed E-state index contributed by atoms with van der Waals surface area (Å²) in [6.45, 7) is 2.64. The summed E-state index contributed by atoms with van der Waals surface area (Å²) < 4.78 is 60.0. The van der Waals surface area contributed by atoms with Gasteiger partial charge in [0.2, 0.25) is 0 Å². The summed E-state index contributed by atoms with van der Waals surface area (Å²) in [7, 11) is -13.2. The van der Waals surface area contributed by atoms with Gasteiger partial charge < -0.3 is 9.05 Å². The van der Waals surface area contributed by atoms with E-state index in [4.69, 9.17) is 6.42 Å². The van der Waals surface area contributed by atoms with Crippen LogP contribution in [0.4, 0.5) is 12.6 Å². The van der Waals surface area contributed by atoms with Gasteiger partial charge in [0.1, 0.15) is 0 Å². The van der Waals surface area contributed by atoms with Gasteiger partial charge in [0.05, 0.1) is 13.2 Å². The Morgan fingerprint density at radius 3 is 1.88 bits per heavy atom. The van der Waals surface area contributed by atoms with E-state index in [1.807, 2.05) is 0 Å². The lowest BCUT2D eigenvalue weighted by Crippen LogP contribution is -1.89. The van der Waals surface area contributed by atoms with Crippen molar-refractivity contribution in [3.63, 3.8) is 0 Å². The lowest BCUT2D eigenvalue weighted by atomic mass is 10.9. The third-order valence-electron chi connectivity index (χ3n) is 1.43. The predicted octanol–water partition coefficient (Wildman–Crippen LogP) is 5.50. The standard InChI is InChI=1S/C6H11F3N3O2P3/c1-4-13-16(8)10-15(7,6-3)11-17(9,12-16)14-5-2/h3H,4-5H2,1-2H3. The van der Waals surface area contributed by atoms with E-state index in [-0.39, 0.29) is 13.2 Å². The first-order valence-electron chi connectivity index (χ1n) is 4.58. The van der Waals surface area contributed by atoms with Gasteiger partial charge in [-0.2, -0.15) is 12.6 Å². The molecule has 0 aromatic heterocycles. The molecule has 0 saturated carbocycles. The van der Waals surface area contributed by atoms with E-state index in [1.165, 1.54) is 13.8 Å². The highest BCUT2D eigenvalue weighted by Crippen LogP contribution is 2.80. The van der Waals surface area contributed by atoms with Crippen LogP contribution in [-0.4, -0.2) is 13.2 Å². The van der Waals surface area contributed by atoms with E-state index in [2.05, 4.69) is 22.6 Å². The van der Waals surface area contributed by atoms with Crippen molar-refractivity contribution in [3.05, 3.63) is 0 Å². The first kappa shape index (κ1) is 15.0. The maximum absolute atomic E-state index is 14.0. The number of hydrogen-bond acceptors (Lipinski definition) is 5. The van der Waals surface area contributed by atoms with E-state index >= 15 is 0 Å². The highest BCUT2D eigenvalue weighted by molar-refractivity contribution is 7.81. The van der Waals surface area contributed by atoms with Crippen molar-refractivity contribution in [2.75, 3.05) is 13.2 Å². The monoisotopic (exact) mass is 307 g/mol. The molecule has 0 radical (unpaired) electrons. The second-order valence-corrected chi connectivity index (χ2v) is 8.57. The largest absolute Gasteiger partial charge is 0.386 e. The topological polar surface area (TPSA) is 55.5 Å². The Hall–Kier alpha value is -0.0400. The van der Waals surface area contributed by atoms with Crippen molar-refractivity contribution >= 4 is 23.0 Å². The Kier molecular flexibility index (Phi) is 4.68. The lowest BCUT2D eigenvalue weighted by Gasteiger charge is -2.20. The number of halogens is 3. The van der Waals surface area contributed by atoms with Crippen molar-refractivity contribution in [2.45, 2.75) is 13.8 Å². The summed E-state index contributed by atoms with van der Waals surface area (Å²) in [4.78, 5) is 0. The van der Waals surface area contributed by atoms with Crippen molar-refractivity contribution in [1.29, 1.82) is 0 Å². The minimum Gasteiger partial charge on any atom is -0.303 e. The summed E-state index contributed by atoms with van der Waals surface area (Å²) in [5.41, 5.74) is 1.57. The summed E-state index contributed by atoms with van der Waals surface area (Å²) in [5.74, 6) is 0. The molecule has 0 N–H and O–H groups in total. The maximum atomic E-state index is 14.0. The molecule has 1 aliphatic heterocycles. The Morgan fingerprint density at radius 2 is 1.47 bits per heavy atom. The van der Waals surface area contributed by atoms with Gasteiger partial charge in [-0.25, -0.2) is 0 Å². The van der Waals surface area contributed by atoms with E-state index in [0.29, 0.717) is 0 Å². The second-order valence-electron chi connectivity index (χ2n) is 2.70. The average molecular weight is 307 g/mol. The van der Waals surface area contributed by atoms with Gasteiger partial charge in [-0.05, 0) is 19.5 Å². The van der Waals surface area contributed by atoms with E-state index in [1.54, 1.807) is 5.66 Å². The molecule has 0 aromatic rings. The molecule has 1 aliphatic rings. The first-order valence-corrected chi connectivity index (χ1v) is 9.17. The van der Waals surface area contributed by atoms with Crippen molar-refractivity contribution < 1.29 is 21.6 Å². The van der Waals surface area contributed by atoms with Crippen LogP contribution in [0.2, 0.25) is 0 Å². The molecule has 17 heavy (non-hydrogen) atoms. The van der Waals surface area contributed by atoms with Crippen molar-refractivity contribution in [3.8, 4) is 12.1 Å². The van der Waals surface area contributed by atoms with E-state index < -0.39 is 23.0 Å². The molecule has 0 aromatic carbocycles. The predicted molar refractivity (Wildman–Crippen MR) is 63.5 cm³/mol. The SMILES string of the molecule is C#CP1(F)=NP(F)(OCC)=NP(F)(OCC)=N1. The molecule has 0 bridgehead atoms. The summed E-state index contributed by atoms with van der Waals surface area (Å²) in [6.07, 6.45) is 4.86. The Bertz CT molecular complexity index is 501. The molecule has 3 atom stereocenters. The molecule has 11 heteroatoms. The van der Waals surface area contributed by atoms with Crippen LogP contribution in [0.3, 0.4) is 0 Å². The number of rotatable bonds is 4. The molecule has 98 valence electrons. The van der Waals surface area contributed by atoms with Crippen molar-refractivity contribution in [1.82, 2.24) is 0 Å². The zero-order valence-corrected chi connectivity index (χ0v) is 11.8. The lowest BCUT2D eigenvalue weighted by molar-refractivity contribution is 0.337. The molecule has 0 aliphatic carbocycles. The second kappa shape index (κ2) is 5.30.